The lowest BCUT2D eigenvalue weighted by molar-refractivity contribution is 0.464. The first-order chi connectivity index (χ1) is 14.2. The Balaban J connectivity index is 1.51. The molecule has 29 heavy (non-hydrogen) atoms. The Morgan fingerprint density at radius 2 is 1.97 bits per heavy atom. The number of thioether (sulfide) groups is 1. The molecule has 4 nitrogen and oxygen atoms in total. The molecular formula is C23H22BrN3OS. The van der Waals surface area contributed by atoms with Crippen LogP contribution in [0.15, 0.2) is 65.7 Å². The molecule has 2 aromatic carbocycles. The summed E-state index contributed by atoms with van der Waals surface area (Å²) in [5.41, 5.74) is 4.85. The van der Waals surface area contributed by atoms with Crippen molar-refractivity contribution in [3.05, 3.63) is 82.5 Å². The van der Waals surface area contributed by atoms with E-state index in [1.807, 2.05) is 22.5 Å². The summed E-state index contributed by atoms with van der Waals surface area (Å²) in [6.45, 7) is 0.604. The van der Waals surface area contributed by atoms with Crippen LogP contribution in [0.3, 0.4) is 0 Å². The number of hydrogen-bond acceptors (Lipinski definition) is 3. The number of nitrogens with zero attached hydrogens (tertiary/aromatic N) is 3. The average molecular weight is 468 g/mol. The highest BCUT2D eigenvalue weighted by Gasteiger charge is 2.29. The number of phenolic OH excluding ortho intramolecular Hbond substituents is 1. The molecule has 1 aliphatic rings. The van der Waals surface area contributed by atoms with Crippen molar-refractivity contribution < 1.29 is 5.11 Å². The second-order valence-corrected chi connectivity index (χ2v) is 9.41. The van der Waals surface area contributed by atoms with Crippen molar-refractivity contribution in [3.8, 4) is 5.75 Å². The topological polar surface area (TPSA) is 43.0 Å². The zero-order chi connectivity index (χ0) is 19.8. The molecule has 0 atom stereocenters. The smallest absolute Gasteiger partial charge is 0.135 e. The highest BCUT2D eigenvalue weighted by atomic mass is 79.9. The number of phenols is 1. The molecule has 2 aromatic heterocycles. The van der Waals surface area contributed by atoms with Crippen LogP contribution in [-0.4, -0.2) is 19.2 Å². The van der Waals surface area contributed by atoms with Crippen LogP contribution in [0, 0.1) is 0 Å². The maximum atomic E-state index is 10.8. The summed E-state index contributed by atoms with van der Waals surface area (Å²) in [5.74, 6) is 2.29. The van der Waals surface area contributed by atoms with E-state index >= 15 is 0 Å². The highest BCUT2D eigenvalue weighted by molar-refractivity contribution is 9.10. The molecule has 0 bridgehead atoms. The predicted octanol–water partition coefficient (Wildman–Crippen LogP) is 6.12. The van der Waals surface area contributed by atoms with Crippen LogP contribution >= 0.6 is 27.7 Å². The zero-order valence-electron chi connectivity index (χ0n) is 16.0. The number of rotatable bonds is 7. The lowest BCUT2D eigenvalue weighted by atomic mass is 10.1. The van der Waals surface area contributed by atoms with Gasteiger partial charge in [0.05, 0.1) is 22.9 Å². The van der Waals surface area contributed by atoms with Gasteiger partial charge in [0.15, 0.2) is 0 Å². The van der Waals surface area contributed by atoms with Crippen molar-refractivity contribution in [2.24, 2.45) is 0 Å². The van der Waals surface area contributed by atoms with Crippen molar-refractivity contribution in [3.63, 3.8) is 0 Å². The third kappa shape index (κ3) is 3.83. The lowest BCUT2D eigenvalue weighted by Gasteiger charge is -2.12. The number of imidazole rings is 1. The Bertz CT molecular complexity index is 1130. The Labute approximate surface area is 182 Å². The van der Waals surface area contributed by atoms with Crippen LogP contribution in [0.25, 0.3) is 10.9 Å². The quantitative estimate of drug-likeness (QED) is 0.355. The van der Waals surface area contributed by atoms with E-state index in [9.17, 15) is 5.11 Å². The number of fused-ring (bicyclic) bond motifs is 1. The van der Waals surface area contributed by atoms with E-state index in [4.69, 9.17) is 0 Å². The van der Waals surface area contributed by atoms with Gasteiger partial charge in [-0.2, -0.15) is 11.8 Å². The monoisotopic (exact) mass is 467 g/mol. The fourth-order valence-corrected chi connectivity index (χ4v) is 5.31. The molecular weight excluding hydrogens is 446 g/mol. The van der Waals surface area contributed by atoms with Crippen molar-refractivity contribution in [1.82, 2.24) is 14.1 Å². The molecule has 4 aromatic rings. The van der Waals surface area contributed by atoms with E-state index < -0.39 is 0 Å². The van der Waals surface area contributed by atoms with Crippen LogP contribution < -0.4 is 0 Å². The molecule has 1 N–H and O–H groups in total. The van der Waals surface area contributed by atoms with E-state index in [0.717, 1.165) is 26.9 Å². The number of aromatic hydroxyl groups is 1. The Kier molecular flexibility index (Phi) is 5.14. The van der Waals surface area contributed by atoms with Gasteiger partial charge in [-0.15, -0.1) is 0 Å². The van der Waals surface area contributed by atoms with Crippen LogP contribution in [0.2, 0.25) is 0 Å². The minimum atomic E-state index is 0.322. The van der Waals surface area contributed by atoms with Gasteiger partial charge in [0.2, 0.25) is 0 Å². The second-order valence-electron chi connectivity index (χ2n) is 7.57. The summed E-state index contributed by atoms with van der Waals surface area (Å²) in [6.07, 6.45) is 7.96. The van der Waals surface area contributed by atoms with Gasteiger partial charge < -0.3 is 14.2 Å². The number of benzene rings is 2. The van der Waals surface area contributed by atoms with Gasteiger partial charge in [-0.05, 0) is 46.5 Å². The van der Waals surface area contributed by atoms with Gasteiger partial charge in [0.25, 0.3) is 0 Å². The van der Waals surface area contributed by atoms with Crippen molar-refractivity contribution in [2.75, 3.05) is 0 Å². The number of halogens is 1. The van der Waals surface area contributed by atoms with E-state index in [1.165, 1.54) is 29.6 Å². The lowest BCUT2D eigenvalue weighted by Crippen LogP contribution is -2.01. The van der Waals surface area contributed by atoms with Crippen molar-refractivity contribution >= 4 is 38.6 Å². The highest BCUT2D eigenvalue weighted by Crippen LogP contribution is 2.44. The first-order valence-electron chi connectivity index (χ1n) is 9.82. The Morgan fingerprint density at radius 1 is 1.14 bits per heavy atom. The summed E-state index contributed by atoms with van der Waals surface area (Å²) in [6, 6.07) is 15.6. The van der Waals surface area contributed by atoms with E-state index in [-0.39, 0.29) is 0 Å². The van der Waals surface area contributed by atoms with Gasteiger partial charge in [-0.25, -0.2) is 4.98 Å². The second kappa shape index (κ2) is 7.92. The first kappa shape index (κ1) is 18.8. The largest absolute Gasteiger partial charge is 0.506 e. The van der Waals surface area contributed by atoms with Crippen LogP contribution in [0.4, 0.5) is 0 Å². The molecule has 148 valence electrons. The SMILES string of the molecule is Oc1c(Br)cc2c(cc(CSCc3ccccc3)n2C2CC2)c1Cn1ccnc1. The molecule has 0 saturated heterocycles. The van der Waals surface area contributed by atoms with Crippen LogP contribution in [-0.2, 0) is 18.1 Å². The predicted molar refractivity (Wildman–Crippen MR) is 122 cm³/mol. The fourth-order valence-electron chi connectivity index (χ4n) is 3.89. The minimum Gasteiger partial charge on any atom is -0.506 e. The normalized spacial score (nSPS) is 14.0. The third-order valence-corrected chi connectivity index (χ3v) is 7.07. The molecule has 1 fully saturated rings. The standard InChI is InChI=1S/C23H22BrN3OS/c24-21-11-22-19(20(23(21)28)12-26-9-8-25-15-26)10-18(27(22)17-6-7-17)14-29-13-16-4-2-1-3-5-16/h1-5,8-11,15,17,28H,6-7,12-14H2. The summed E-state index contributed by atoms with van der Waals surface area (Å²) in [5, 5.41) is 11.9. The first-order valence-corrected chi connectivity index (χ1v) is 11.8. The fraction of sp³-hybridized carbons (Fsp3) is 0.261. The Morgan fingerprint density at radius 3 is 2.69 bits per heavy atom. The van der Waals surface area contributed by atoms with Gasteiger partial charge in [-0.3, -0.25) is 0 Å². The van der Waals surface area contributed by atoms with E-state index in [1.54, 1.807) is 12.5 Å². The van der Waals surface area contributed by atoms with Crippen LogP contribution in [0.5, 0.6) is 5.75 Å². The maximum absolute atomic E-state index is 10.8. The van der Waals surface area contributed by atoms with Gasteiger partial charge in [-0.1, -0.05) is 30.3 Å². The van der Waals surface area contributed by atoms with E-state index in [0.29, 0.717) is 18.3 Å². The molecule has 0 unspecified atom stereocenters. The van der Waals surface area contributed by atoms with Gasteiger partial charge in [0.1, 0.15) is 5.75 Å². The molecule has 1 saturated carbocycles. The summed E-state index contributed by atoms with van der Waals surface area (Å²) < 4.78 is 5.25. The van der Waals surface area contributed by atoms with E-state index in [2.05, 4.69) is 67.9 Å². The average Bonchev–Trinajstić information content (AvgIpc) is 3.30. The molecule has 0 spiro atoms. The van der Waals surface area contributed by atoms with Gasteiger partial charge >= 0.3 is 0 Å². The summed E-state index contributed by atoms with van der Waals surface area (Å²) in [7, 11) is 0. The molecule has 0 aliphatic heterocycles. The number of aromatic nitrogens is 3. The van der Waals surface area contributed by atoms with Crippen LogP contribution in [0.1, 0.15) is 35.7 Å². The molecule has 0 radical (unpaired) electrons. The molecule has 6 heteroatoms. The zero-order valence-corrected chi connectivity index (χ0v) is 18.4. The van der Waals surface area contributed by atoms with Gasteiger partial charge in [0, 0.05) is 46.6 Å². The molecule has 2 heterocycles. The van der Waals surface area contributed by atoms with Crippen molar-refractivity contribution in [2.45, 2.75) is 36.9 Å². The Hall–Kier alpha value is -2.18. The minimum absolute atomic E-state index is 0.322. The maximum Gasteiger partial charge on any atom is 0.135 e. The third-order valence-electron chi connectivity index (χ3n) is 5.43. The molecule has 1 aliphatic carbocycles. The molecule has 0 amide bonds. The summed E-state index contributed by atoms with van der Waals surface area (Å²) >= 11 is 5.52. The summed E-state index contributed by atoms with van der Waals surface area (Å²) in [4.78, 5) is 4.14. The van der Waals surface area contributed by atoms with Crippen molar-refractivity contribution in [1.29, 1.82) is 0 Å². The molecule has 5 rings (SSSR count). The number of hydrogen-bond donors (Lipinski definition) is 1.